The van der Waals surface area contributed by atoms with Crippen LogP contribution >= 0.6 is 0 Å². The van der Waals surface area contributed by atoms with Crippen molar-refractivity contribution in [1.82, 2.24) is 10.2 Å². The Morgan fingerprint density at radius 2 is 1.92 bits per heavy atom. The van der Waals surface area contributed by atoms with Crippen molar-refractivity contribution in [1.29, 1.82) is 0 Å². The Balaban J connectivity index is 1.63. The first kappa shape index (κ1) is 16.3. The molecule has 0 aliphatic heterocycles. The van der Waals surface area contributed by atoms with Crippen LogP contribution in [0.4, 0.5) is 0 Å². The van der Waals surface area contributed by atoms with Gasteiger partial charge in [0.1, 0.15) is 5.76 Å². The summed E-state index contributed by atoms with van der Waals surface area (Å²) >= 11 is 0. The Hall–Kier alpha value is -2.59. The lowest BCUT2D eigenvalue weighted by molar-refractivity contribution is -0.122. The van der Waals surface area contributed by atoms with Gasteiger partial charge in [0.05, 0.1) is 25.4 Å². The number of amides is 1. The van der Waals surface area contributed by atoms with Crippen LogP contribution in [0, 0.1) is 0 Å². The molecule has 2 aromatic carbocycles. The molecule has 0 bridgehead atoms. The van der Waals surface area contributed by atoms with Crippen molar-refractivity contribution in [2.45, 2.75) is 19.5 Å². The molecule has 24 heavy (non-hydrogen) atoms. The zero-order valence-electron chi connectivity index (χ0n) is 14.0. The molecule has 1 atom stereocenters. The zero-order valence-corrected chi connectivity index (χ0v) is 14.0. The van der Waals surface area contributed by atoms with Gasteiger partial charge in [0.15, 0.2) is 0 Å². The van der Waals surface area contributed by atoms with Gasteiger partial charge in [-0.05, 0) is 42.4 Å². The summed E-state index contributed by atoms with van der Waals surface area (Å²) in [6.07, 6.45) is 1.64. The number of rotatable bonds is 6. The molecule has 0 aliphatic rings. The molecule has 0 radical (unpaired) electrons. The molecule has 1 heterocycles. The van der Waals surface area contributed by atoms with E-state index in [4.69, 9.17) is 4.42 Å². The maximum Gasteiger partial charge on any atom is 0.234 e. The van der Waals surface area contributed by atoms with E-state index < -0.39 is 0 Å². The van der Waals surface area contributed by atoms with Crippen molar-refractivity contribution in [2.75, 3.05) is 13.6 Å². The normalized spacial score (nSPS) is 12.5. The fourth-order valence-corrected chi connectivity index (χ4v) is 2.96. The van der Waals surface area contributed by atoms with Gasteiger partial charge in [-0.25, -0.2) is 0 Å². The number of nitrogens with zero attached hydrogens (tertiary/aromatic N) is 1. The number of furan rings is 1. The molecule has 4 heteroatoms. The largest absolute Gasteiger partial charge is 0.468 e. The topological polar surface area (TPSA) is 45.5 Å². The molecule has 0 aliphatic carbocycles. The SMILES string of the molecule is C[C@H](NC(=O)CN(C)Cc1ccco1)c1cccc2ccccc12. The Morgan fingerprint density at radius 1 is 1.12 bits per heavy atom. The molecule has 1 amide bonds. The van der Waals surface area contributed by atoms with E-state index in [9.17, 15) is 4.79 Å². The highest BCUT2D eigenvalue weighted by atomic mass is 16.3. The van der Waals surface area contributed by atoms with Crippen molar-refractivity contribution in [3.05, 3.63) is 72.2 Å². The van der Waals surface area contributed by atoms with Crippen molar-refractivity contribution >= 4 is 16.7 Å². The molecule has 124 valence electrons. The van der Waals surface area contributed by atoms with Crippen molar-refractivity contribution in [3.8, 4) is 0 Å². The lowest BCUT2D eigenvalue weighted by Gasteiger charge is -2.19. The highest BCUT2D eigenvalue weighted by molar-refractivity contribution is 5.87. The average Bonchev–Trinajstić information content (AvgIpc) is 3.06. The quantitative estimate of drug-likeness (QED) is 0.752. The molecule has 3 rings (SSSR count). The Morgan fingerprint density at radius 3 is 2.71 bits per heavy atom. The van der Waals surface area contributed by atoms with E-state index in [0.29, 0.717) is 13.1 Å². The molecule has 0 saturated heterocycles. The number of carbonyl (C=O) groups is 1. The summed E-state index contributed by atoms with van der Waals surface area (Å²) in [5.41, 5.74) is 1.13. The van der Waals surface area contributed by atoms with Crippen LogP contribution in [0.15, 0.2) is 65.3 Å². The highest BCUT2D eigenvalue weighted by Gasteiger charge is 2.14. The van der Waals surface area contributed by atoms with Gasteiger partial charge in [0.2, 0.25) is 5.91 Å². The number of hydrogen-bond acceptors (Lipinski definition) is 3. The second-order valence-corrected chi connectivity index (χ2v) is 6.11. The van der Waals surface area contributed by atoms with E-state index in [1.54, 1.807) is 6.26 Å². The van der Waals surface area contributed by atoms with Crippen LogP contribution in [-0.2, 0) is 11.3 Å². The number of benzene rings is 2. The monoisotopic (exact) mass is 322 g/mol. The van der Waals surface area contributed by atoms with Crippen molar-refractivity contribution < 1.29 is 9.21 Å². The van der Waals surface area contributed by atoms with E-state index in [-0.39, 0.29) is 11.9 Å². The van der Waals surface area contributed by atoms with Gasteiger partial charge in [-0.15, -0.1) is 0 Å². The van der Waals surface area contributed by atoms with Gasteiger partial charge in [-0.2, -0.15) is 0 Å². The minimum atomic E-state index is -0.0411. The number of likely N-dealkylation sites (N-methyl/N-ethyl adjacent to an activating group) is 1. The molecule has 0 spiro atoms. The first-order valence-corrected chi connectivity index (χ1v) is 8.11. The lowest BCUT2D eigenvalue weighted by Crippen LogP contribution is -2.36. The van der Waals surface area contributed by atoms with Crippen LogP contribution < -0.4 is 5.32 Å². The molecule has 0 saturated carbocycles. The number of fused-ring (bicyclic) bond motifs is 1. The number of hydrogen-bond donors (Lipinski definition) is 1. The Kier molecular flexibility index (Phi) is 4.96. The third-order valence-electron chi connectivity index (χ3n) is 4.09. The molecule has 1 N–H and O–H groups in total. The molecule has 0 fully saturated rings. The molecule has 1 aromatic heterocycles. The fourth-order valence-electron chi connectivity index (χ4n) is 2.96. The third kappa shape index (κ3) is 3.84. The number of nitrogens with one attached hydrogen (secondary N) is 1. The first-order valence-electron chi connectivity index (χ1n) is 8.11. The van der Waals surface area contributed by atoms with Crippen LogP contribution in [0.25, 0.3) is 10.8 Å². The Bertz CT molecular complexity index is 806. The van der Waals surface area contributed by atoms with E-state index in [1.165, 1.54) is 10.8 Å². The highest BCUT2D eigenvalue weighted by Crippen LogP contribution is 2.23. The Labute approximate surface area is 142 Å². The average molecular weight is 322 g/mol. The zero-order chi connectivity index (χ0) is 16.9. The summed E-state index contributed by atoms with van der Waals surface area (Å²) in [5, 5.41) is 5.45. The van der Waals surface area contributed by atoms with Crippen LogP contribution in [0.1, 0.15) is 24.3 Å². The molecular weight excluding hydrogens is 300 g/mol. The summed E-state index contributed by atoms with van der Waals surface area (Å²) < 4.78 is 5.31. The predicted molar refractivity (Wildman–Crippen MR) is 95.5 cm³/mol. The second kappa shape index (κ2) is 7.32. The summed E-state index contributed by atoms with van der Waals surface area (Å²) in [6, 6.07) is 18.1. The van der Waals surface area contributed by atoms with Gasteiger partial charge in [0, 0.05) is 0 Å². The summed E-state index contributed by atoms with van der Waals surface area (Å²) in [5.74, 6) is 0.858. The van der Waals surface area contributed by atoms with Crippen LogP contribution in [-0.4, -0.2) is 24.4 Å². The van der Waals surface area contributed by atoms with E-state index in [2.05, 4.69) is 29.6 Å². The van der Waals surface area contributed by atoms with Crippen LogP contribution in [0.3, 0.4) is 0 Å². The minimum Gasteiger partial charge on any atom is -0.468 e. The van der Waals surface area contributed by atoms with Crippen LogP contribution in [0.5, 0.6) is 0 Å². The molecule has 3 aromatic rings. The van der Waals surface area contributed by atoms with E-state index >= 15 is 0 Å². The lowest BCUT2D eigenvalue weighted by atomic mass is 10.00. The summed E-state index contributed by atoms with van der Waals surface area (Å²) in [7, 11) is 1.91. The fraction of sp³-hybridized carbons (Fsp3) is 0.250. The summed E-state index contributed by atoms with van der Waals surface area (Å²) in [6.45, 7) is 2.96. The van der Waals surface area contributed by atoms with Gasteiger partial charge >= 0.3 is 0 Å². The second-order valence-electron chi connectivity index (χ2n) is 6.11. The molecular formula is C20H22N2O2. The maximum atomic E-state index is 12.3. The van der Waals surface area contributed by atoms with E-state index in [0.717, 1.165) is 11.3 Å². The van der Waals surface area contributed by atoms with Crippen molar-refractivity contribution in [2.24, 2.45) is 0 Å². The van der Waals surface area contributed by atoms with Crippen LogP contribution in [0.2, 0.25) is 0 Å². The van der Waals surface area contributed by atoms with Gasteiger partial charge in [-0.1, -0.05) is 42.5 Å². The van der Waals surface area contributed by atoms with Gasteiger partial charge in [-0.3, -0.25) is 9.69 Å². The molecule has 4 nitrogen and oxygen atoms in total. The smallest absolute Gasteiger partial charge is 0.234 e. The van der Waals surface area contributed by atoms with E-state index in [1.807, 2.05) is 49.2 Å². The van der Waals surface area contributed by atoms with Crippen molar-refractivity contribution in [3.63, 3.8) is 0 Å². The predicted octanol–water partition coefficient (Wildman–Crippen LogP) is 3.74. The van der Waals surface area contributed by atoms with Gasteiger partial charge < -0.3 is 9.73 Å². The molecule has 0 unspecified atom stereocenters. The summed E-state index contributed by atoms with van der Waals surface area (Å²) in [4.78, 5) is 14.3. The van der Waals surface area contributed by atoms with Gasteiger partial charge in [0.25, 0.3) is 0 Å². The first-order chi connectivity index (χ1) is 11.6. The minimum absolute atomic E-state index is 0.00416. The third-order valence-corrected chi connectivity index (χ3v) is 4.09. The standard InChI is InChI=1S/C20H22N2O2/c1-15(18-11-5-8-16-7-3-4-10-19(16)18)21-20(23)14-22(2)13-17-9-6-12-24-17/h3-12,15H,13-14H2,1-2H3,(H,21,23)/t15-/m0/s1. The maximum absolute atomic E-state index is 12.3. The number of carbonyl (C=O) groups excluding carboxylic acids is 1.